The van der Waals surface area contributed by atoms with Crippen LogP contribution >= 0.6 is 0 Å². The van der Waals surface area contributed by atoms with E-state index in [-0.39, 0.29) is 17.3 Å². The molecule has 0 aliphatic carbocycles. The van der Waals surface area contributed by atoms with E-state index in [1.54, 1.807) is 19.2 Å². The zero-order valence-corrected chi connectivity index (χ0v) is 17.4. The number of hydrogen-bond acceptors (Lipinski definition) is 3. The quantitative estimate of drug-likeness (QED) is 0.773. The second-order valence-electron chi connectivity index (χ2n) is 8.85. The molecule has 4 rings (SSSR count). The van der Waals surface area contributed by atoms with Crippen LogP contribution in [-0.2, 0) is 11.2 Å². The molecule has 0 N–H and O–H groups in total. The van der Waals surface area contributed by atoms with Crippen LogP contribution in [0.5, 0.6) is 5.75 Å². The number of likely N-dealkylation sites (tertiary alicyclic amines) is 1. The minimum absolute atomic E-state index is 0.0574. The Kier molecular flexibility index (Phi) is 5.24. The van der Waals surface area contributed by atoms with Crippen molar-refractivity contribution in [3.8, 4) is 5.75 Å². The Balaban J connectivity index is 1.45. The largest absolute Gasteiger partial charge is 0.497 e. The van der Waals surface area contributed by atoms with E-state index in [4.69, 9.17) is 4.74 Å². The van der Waals surface area contributed by atoms with Gasteiger partial charge in [-0.2, -0.15) is 0 Å². The lowest BCUT2D eigenvalue weighted by molar-refractivity contribution is -0.132. The fourth-order valence-electron chi connectivity index (χ4n) is 5.17. The third-order valence-corrected chi connectivity index (χ3v) is 6.39. The van der Waals surface area contributed by atoms with Crippen molar-refractivity contribution in [1.29, 1.82) is 0 Å². The first-order valence-electron chi connectivity index (χ1n) is 10.3. The van der Waals surface area contributed by atoms with E-state index in [0.29, 0.717) is 18.4 Å². The molecule has 2 atom stereocenters. The van der Waals surface area contributed by atoms with E-state index >= 15 is 0 Å². The molecular formula is C24H29FN2O2. The van der Waals surface area contributed by atoms with Crippen molar-refractivity contribution in [2.75, 3.05) is 25.1 Å². The molecule has 0 unspecified atom stereocenters. The highest BCUT2D eigenvalue weighted by Gasteiger charge is 2.48. The second kappa shape index (κ2) is 7.69. The van der Waals surface area contributed by atoms with Crippen molar-refractivity contribution in [3.05, 3.63) is 59.9 Å². The first-order chi connectivity index (χ1) is 13.9. The van der Waals surface area contributed by atoms with Gasteiger partial charge in [-0.1, -0.05) is 18.2 Å². The number of rotatable bonds is 4. The highest BCUT2D eigenvalue weighted by atomic mass is 19.1. The molecule has 2 heterocycles. The van der Waals surface area contributed by atoms with Gasteiger partial charge in [-0.05, 0) is 68.5 Å². The monoisotopic (exact) mass is 396 g/mol. The van der Waals surface area contributed by atoms with Gasteiger partial charge >= 0.3 is 0 Å². The van der Waals surface area contributed by atoms with Crippen molar-refractivity contribution in [2.24, 2.45) is 5.92 Å². The second-order valence-corrected chi connectivity index (χ2v) is 8.85. The van der Waals surface area contributed by atoms with E-state index in [1.807, 2.05) is 35.2 Å². The maximum Gasteiger partial charge on any atom is 0.227 e. The van der Waals surface area contributed by atoms with Crippen molar-refractivity contribution >= 4 is 11.6 Å². The van der Waals surface area contributed by atoms with Crippen molar-refractivity contribution in [1.82, 2.24) is 4.90 Å². The number of ether oxygens (including phenoxy) is 1. The molecular weight excluding hydrogens is 367 g/mol. The van der Waals surface area contributed by atoms with E-state index in [0.717, 1.165) is 42.9 Å². The number of benzene rings is 2. The van der Waals surface area contributed by atoms with Crippen LogP contribution in [0.15, 0.2) is 48.5 Å². The van der Waals surface area contributed by atoms with Gasteiger partial charge in [-0.15, -0.1) is 0 Å². The smallest absolute Gasteiger partial charge is 0.227 e. The molecule has 0 spiro atoms. The van der Waals surface area contributed by atoms with Gasteiger partial charge in [0.2, 0.25) is 5.91 Å². The zero-order chi connectivity index (χ0) is 20.6. The average molecular weight is 397 g/mol. The molecule has 5 heteroatoms. The molecule has 29 heavy (non-hydrogen) atoms. The summed E-state index contributed by atoms with van der Waals surface area (Å²) in [4.78, 5) is 17.3. The van der Waals surface area contributed by atoms with Crippen molar-refractivity contribution < 1.29 is 13.9 Å². The van der Waals surface area contributed by atoms with E-state index in [2.05, 4.69) is 18.7 Å². The molecule has 2 fully saturated rings. The molecule has 4 nitrogen and oxygen atoms in total. The molecule has 0 radical (unpaired) electrons. The average Bonchev–Trinajstić information content (AvgIpc) is 2.97. The molecule has 0 saturated carbocycles. The molecule has 2 aromatic rings. The maximum absolute atomic E-state index is 13.8. The Morgan fingerprint density at radius 2 is 1.97 bits per heavy atom. The van der Waals surface area contributed by atoms with Crippen LogP contribution in [0.3, 0.4) is 0 Å². The van der Waals surface area contributed by atoms with E-state index in [9.17, 15) is 9.18 Å². The van der Waals surface area contributed by atoms with Gasteiger partial charge in [-0.3, -0.25) is 4.79 Å². The van der Waals surface area contributed by atoms with Gasteiger partial charge in [0, 0.05) is 30.4 Å². The van der Waals surface area contributed by atoms with Crippen LogP contribution in [0.4, 0.5) is 10.1 Å². The first kappa shape index (κ1) is 19.7. The Labute approximate surface area is 172 Å². The fraction of sp³-hybridized carbons (Fsp3) is 0.458. The number of methoxy groups -OCH3 is 1. The highest BCUT2D eigenvalue weighted by Crippen LogP contribution is 2.44. The molecule has 2 aromatic carbocycles. The number of carbonyl (C=O) groups is 1. The molecule has 0 aromatic heterocycles. The summed E-state index contributed by atoms with van der Waals surface area (Å²) >= 11 is 0. The molecule has 2 aliphatic heterocycles. The van der Waals surface area contributed by atoms with Crippen LogP contribution in [0, 0.1) is 11.7 Å². The number of halogens is 1. The summed E-state index contributed by atoms with van der Waals surface area (Å²) in [5.74, 6) is 1.18. The summed E-state index contributed by atoms with van der Waals surface area (Å²) in [5.41, 5.74) is 1.89. The first-order valence-corrected chi connectivity index (χ1v) is 10.3. The standard InChI is InChI=1S/C24H29FN2O2/c1-24(2)15-18-16-26(23(28)13-17-7-9-21(29-3)10-8-17)12-11-22(18)27(24)20-6-4-5-19(25)14-20/h4-10,14,18,22H,11-13,15-16H2,1-3H3/t18-,22+/m1/s1. The maximum atomic E-state index is 13.8. The Morgan fingerprint density at radius 1 is 1.21 bits per heavy atom. The van der Waals surface area contributed by atoms with Gasteiger partial charge < -0.3 is 14.5 Å². The summed E-state index contributed by atoms with van der Waals surface area (Å²) in [6.07, 6.45) is 2.33. The van der Waals surface area contributed by atoms with Crippen molar-refractivity contribution in [2.45, 2.75) is 44.7 Å². The van der Waals surface area contributed by atoms with Gasteiger partial charge in [0.1, 0.15) is 11.6 Å². The van der Waals surface area contributed by atoms with Crippen LogP contribution in [0.1, 0.15) is 32.3 Å². The van der Waals surface area contributed by atoms with E-state index in [1.165, 1.54) is 6.07 Å². The molecule has 154 valence electrons. The fourth-order valence-corrected chi connectivity index (χ4v) is 5.17. The number of hydrogen-bond donors (Lipinski definition) is 0. The summed E-state index contributed by atoms with van der Waals surface area (Å²) in [6.45, 7) is 5.96. The van der Waals surface area contributed by atoms with E-state index < -0.39 is 0 Å². The summed E-state index contributed by atoms with van der Waals surface area (Å²) in [6, 6.07) is 14.9. The number of piperidine rings is 1. The molecule has 0 bridgehead atoms. The Bertz CT molecular complexity index is 881. The van der Waals surface area contributed by atoms with Crippen LogP contribution in [0.25, 0.3) is 0 Å². The topological polar surface area (TPSA) is 32.8 Å². The van der Waals surface area contributed by atoms with Gasteiger partial charge in [-0.25, -0.2) is 4.39 Å². The SMILES string of the molecule is COc1ccc(CC(=O)N2CC[C@H]3[C@@H](C2)CC(C)(C)N3c2cccc(F)c2)cc1. The lowest BCUT2D eigenvalue weighted by Crippen LogP contribution is -2.50. The number of nitrogens with zero attached hydrogens (tertiary/aromatic N) is 2. The number of amides is 1. The third kappa shape index (κ3) is 3.96. The molecule has 2 saturated heterocycles. The third-order valence-electron chi connectivity index (χ3n) is 6.39. The van der Waals surface area contributed by atoms with Crippen LogP contribution in [0.2, 0.25) is 0 Å². The number of anilines is 1. The summed E-state index contributed by atoms with van der Waals surface area (Å²) in [7, 11) is 1.64. The highest BCUT2D eigenvalue weighted by molar-refractivity contribution is 5.79. The predicted octanol–water partition coefficient (Wildman–Crippen LogP) is 4.28. The van der Waals surface area contributed by atoms with Crippen LogP contribution in [-0.4, -0.2) is 42.6 Å². The number of fused-ring (bicyclic) bond motifs is 1. The lowest BCUT2D eigenvalue weighted by atomic mass is 9.89. The Morgan fingerprint density at radius 3 is 2.66 bits per heavy atom. The van der Waals surface area contributed by atoms with Crippen LogP contribution < -0.4 is 9.64 Å². The minimum Gasteiger partial charge on any atom is -0.497 e. The number of carbonyl (C=O) groups excluding carboxylic acids is 1. The summed E-state index contributed by atoms with van der Waals surface area (Å²) < 4.78 is 19.0. The molecule has 2 aliphatic rings. The van der Waals surface area contributed by atoms with Gasteiger partial charge in [0.15, 0.2) is 0 Å². The van der Waals surface area contributed by atoms with Gasteiger partial charge in [0.25, 0.3) is 0 Å². The minimum atomic E-state index is -0.200. The van der Waals surface area contributed by atoms with Gasteiger partial charge in [0.05, 0.1) is 13.5 Å². The predicted molar refractivity (Wildman–Crippen MR) is 113 cm³/mol. The molecule has 1 amide bonds. The zero-order valence-electron chi connectivity index (χ0n) is 17.4. The summed E-state index contributed by atoms with van der Waals surface area (Å²) in [5, 5.41) is 0. The normalized spacial score (nSPS) is 23.0. The lowest BCUT2D eigenvalue weighted by Gasteiger charge is -2.42. The Hall–Kier alpha value is -2.56. The van der Waals surface area contributed by atoms with Crippen molar-refractivity contribution in [3.63, 3.8) is 0 Å².